The summed E-state index contributed by atoms with van der Waals surface area (Å²) in [5, 5.41) is 0. The van der Waals surface area contributed by atoms with E-state index in [-0.39, 0.29) is 6.42 Å². The lowest BCUT2D eigenvalue weighted by Gasteiger charge is -2.12. The van der Waals surface area contributed by atoms with Gasteiger partial charge in [0.15, 0.2) is 23.3 Å². The molecular formula is C17H13F5N2O. The molecule has 0 unspecified atom stereocenters. The van der Waals surface area contributed by atoms with Crippen LogP contribution in [-0.2, 0) is 24.1 Å². The topological polar surface area (TPSA) is 41.1 Å². The number of hydrogen-bond acceptors (Lipinski definition) is 2. The number of benzene rings is 2. The molecule has 1 amide bonds. The second-order valence-corrected chi connectivity index (χ2v) is 5.75. The average molecular weight is 356 g/mol. The Kier molecular flexibility index (Phi) is 4.61. The van der Waals surface area contributed by atoms with E-state index in [1.54, 1.807) is 11.5 Å². The molecule has 0 heterocycles. The van der Waals surface area contributed by atoms with Crippen LogP contribution in [0.15, 0.2) is 18.2 Å². The molecule has 0 bridgehead atoms. The molecule has 0 radical (unpaired) electrons. The van der Waals surface area contributed by atoms with Crippen molar-refractivity contribution in [2.75, 3.05) is 5.43 Å². The zero-order chi connectivity index (χ0) is 18.1. The number of carbonyl (C=O) groups excluding carboxylic acids is 1. The van der Waals surface area contributed by atoms with Gasteiger partial charge in [-0.25, -0.2) is 22.0 Å². The molecule has 1 aliphatic rings. The highest BCUT2D eigenvalue weighted by molar-refractivity contribution is 5.80. The third kappa shape index (κ3) is 3.29. The predicted molar refractivity (Wildman–Crippen MR) is 80.2 cm³/mol. The first-order chi connectivity index (χ1) is 11.9. The Hall–Kier alpha value is -2.64. The maximum atomic E-state index is 13.5. The van der Waals surface area contributed by atoms with Gasteiger partial charge in [0.25, 0.3) is 0 Å². The van der Waals surface area contributed by atoms with Crippen LogP contribution in [0.4, 0.5) is 27.6 Å². The van der Waals surface area contributed by atoms with Crippen LogP contribution >= 0.6 is 0 Å². The van der Waals surface area contributed by atoms with E-state index >= 15 is 0 Å². The molecule has 0 saturated heterocycles. The van der Waals surface area contributed by atoms with Crippen LogP contribution in [0.25, 0.3) is 0 Å². The van der Waals surface area contributed by atoms with Crippen molar-refractivity contribution in [3.63, 3.8) is 0 Å². The molecule has 3 nitrogen and oxygen atoms in total. The minimum Gasteiger partial charge on any atom is -0.293 e. The van der Waals surface area contributed by atoms with Gasteiger partial charge in [-0.3, -0.25) is 15.6 Å². The summed E-state index contributed by atoms with van der Waals surface area (Å²) in [6.07, 6.45) is 2.86. The molecule has 25 heavy (non-hydrogen) atoms. The first-order valence-electron chi connectivity index (χ1n) is 7.55. The van der Waals surface area contributed by atoms with E-state index in [0.717, 1.165) is 24.8 Å². The van der Waals surface area contributed by atoms with Gasteiger partial charge >= 0.3 is 0 Å². The van der Waals surface area contributed by atoms with Crippen LogP contribution in [0.2, 0.25) is 0 Å². The fourth-order valence-corrected chi connectivity index (χ4v) is 2.81. The highest BCUT2D eigenvalue weighted by Crippen LogP contribution is 2.26. The summed E-state index contributed by atoms with van der Waals surface area (Å²) in [4.78, 5) is 11.9. The average Bonchev–Trinajstić information content (AvgIpc) is 3.06. The van der Waals surface area contributed by atoms with Gasteiger partial charge in [0.05, 0.1) is 6.42 Å². The zero-order valence-electron chi connectivity index (χ0n) is 12.9. The molecule has 0 atom stereocenters. The van der Waals surface area contributed by atoms with Crippen molar-refractivity contribution in [2.45, 2.75) is 25.7 Å². The Bertz CT molecular complexity index is 824. The molecule has 132 valence electrons. The van der Waals surface area contributed by atoms with Crippen molar-refractivity contribution < 1.29 is 26.7 Å². The Balaban J connectivity index is 1.69. The highest BCUT2D eigenvalue weighted by Gasteiger charge is 2.26. The first-order valence-corrected chi connectivity index (χ1v) is 7.55. The van der Waals surface area contributed by atoms with Gasteiger partial charge in [0, 0.05) is 0 Å². The zero-order valence-corrected chi connectivity index (χ0v) is 12.9. The SMILES string of the molecule is O=C(Cc1ccc2c(c1)CCC2)NNc1c(F)c(F)c(F)c(F)c1F. The van der Waals surface area contributed by atoms with E-state index in [1.807, 2.05) is 17.6 Å². The maximum absolute atomic E-state index is 13.5. The van der Waals surface area contributed by atoms with Gasteiger partial charge < -0.3 is 0 Å². The lowest BCUT2D eigenvalue weighted by Crippen LogP contribution is -2.32. The van der Waals surface area contributed by atoms with Crippen LogP contribution < -0.4 is 10.9 Å². The number of hydrazine groups is 1. The number of halogens is 5. The molecule has 2 aromatic carbocycles. The number of anilines is 1. The third-order valence-electron chi connectivity index (χ3n) is 4.06. The molecule has 0 saturated carbocycles. The fourth-order valence-electron chi connectivity index (χ4n) is 2.81. The Morgan fingerprint density at radius 3 is 2.16 bits per heavy atom. The van der Waals surface area contributed by atoms with Crippen molar-refractivity contribution in [1.29, 1.82) is 0 Å². The molecule has 0 aliphatic heterocycles. The number of amides is 1. The fraction of sp³-hybridized carbons (Fsp3) is 0.235. The van der Waals surface area contributed by atoms with Gasteiger partial charge in [0.2, 0.25) is 11.7 Å². The Labute approximate surface area is 139 Å². The van der Waals surface area contributed by atoms with Gasteiger partial charge in [0.1, 0.15) is 5.69 Å². The van der Waals surface area contributed by atoms with E-state index in [1.165, 1.54) is 5.56 Å². The van der Waals surface area contributed by atoms with Crippen molar-refractivity contribution in [2.24, 2.45) is 0 Å². The number of carbonyl (C=O) groups is 1. The van der Waals surface area contributed by atoms with E-state index in [9.17, 15) is 26.7 Å². The number of nitrogens with one attached hydrogen (secondary N) is 2. The second kappa shape index (κ2) is 6.70. The number of rotatable bonds is 4. The standard InChI is InChI=1S/C17H13F5N2O/c18-12-13(19)15(21)17(16(22)14(12)20)24-23-11(25)7-8-4-5-9-2-1-3-10(9)6-8/h4-6,24H,1-3,7H2,(H,23,25). The quantitative estimate of drug-likeness (QED) is 0.381. The smallest absolute Gasteiger partial charge is 0.242 e. The molecule has 2 aromatic rings. The summed E-state index contributed by atoms with van der Waals surface area (Å²) in [7, 11) is 0. The summed E-state index contributed by atoms with van der Waals surface area (Å²) in [5.74, 6) is -11.2. The van der Waals surface area contributed by atoms with Crippen LogP contribution in [-0.4, -0.2) is 5.91 Å². The molecule has 2 N–H and O–H groups in total. The van der Waals surface area contributed by atoms with Crippen LogP contribution in [0.5, 0.6) is 0 Å². The molecule has 3 rings (SSSR count). The molecular weight excluding hydrogens is 343 g/mol. The van der Waals surface area contributed by atoms with E-state index in [2.05, 4.69) is 0 Å². The van der Waals surface area contributed by atoms with Crippen LogP contribution in [0.3, 0.4) is 0 Å². The maximum Gasteiger partial charge on any atom is 0.242 e. The summed E-state index contributed by atoms with van der Waals surface area (Å²) in [5.41, 5.74) is 5.47. The summed E-state index contributed by atoms with van der Waals surface area (Å²) in [6.45, 7) is 0. The van der Waals surface area contributed by atoms with Crippen LogP contribution in [0.1, 0.15) is 23.1 Å². The van der Waals surface area contributed by atoms with Gasteiger partial charge in [-0.2, -0.15) is 0 Å². The Morgan fingerprint density at radius 1 is 0.880 bits per heavy atom. The van der Waals surface area contributed by atoms with Gasteiger partial charge in [-0.05, 0) is 36.0 Å². The lowest BCUT2D eigenvalue weighted by atomic mass is 10.0. The number of hydrogen-bond donors (Lipinski definition) is 2. The second-order valence-electron chi connectivity index (χ2n) is 5.75. The molecule has 0 fully saturated rings. The van der Waals surface area contributed by atoms with Crippen molar-refractivity contribution in [3.8, 4) is 0 Å². The van der Waals surface area contributed by atoms with Gasteiger partial charge in [-0.15, -0.1) is 0 Å². The van der Waals surface area contributed by atoms with Gasteiger partial charge in [-0.1, -0.05) is 18.2 Å². The number of aryl methyl sites for hydroxylation is 2. The lowest BCUT2D eigenvalue weighted by molar-refractivity contribution is -0.119. The van der Waals surface area contributed by atoms with E-state index in [0.29, 0.717) is 5.56 Å². The third-order valence-corrected chi connectivity index (χ3v) is 4.06. The summed E-state index contributed by atoms with van der Waals surface area (Å²) < 4.78 is 66.1. The molecule has 0 aromatic heterocycles. The first kappa shape index (κ1) is 17.2. The largest absolute Gasteiger partial charge is 0.293 e. The monoisotopic (exact) mass is 356 g/mol. The summed E-state index contributed by atoms with van der Waals surface area (Å²) in [6, 6.07) is 5.56. The van der Waals surface area contributed by atoms with Crippen LogP contribution in [0, 0.1) is 29.1 Å². The highest BCUT2D eigenvalue weighted by atomic mass is 19.2. The molecule has 1 aliphatic carbocycles. The van der Waals surface area contributed by atoms with E-state index in [4.69, 9.17) is 0 Å². The molecule has 0 spiro atoms. The Morgan fingerprint density at radius 2 is 1.48 bits per heavy atom. The minimum atomic E-state index is -2.26. The normalized spacial score (nSPS) is 12.8. The number of fused-ring (bicyclic) bond motifs is 1. The van der Waals surface area contributed by atoms with Crippen molar-refractivity contribution in [3.05, 3.63) is 64.0 Å². The molecule has 8 heteroatoms. The summed E-state index contributed by atoms with van der Waals surface area (Å²) >= 11 is 0. The van der Waals surface area contributed by atoms with Crippen molar-refractivity contribution in [1.82, 2.24) is 5.43 Å². The predicted octanol–water partition coefficient (Wildman–Crippen LogP) is 3.56. The van der Waals surface area contributed by atoms with Crippen molar-refractivity contribution >= 4 is 11.6 Å². The minimum absolute atomic E-state index is 0.102. The van der Waals surface area contributed by atoms with E-state index < -0.39 is 40.7 Å².